The summed E-state index contributed by atoms with van der Waals surface area (Å²) in [5, 5.41) is 9.52. The molecule has 1 N–H and O–H groups in total. The van der Waals surface area contributed by atoms with Gasteiger partial charge >= 0.3 is 0 Å². The maximum absolute atomic E-state index is 14.1. The van der Waals surface area contributed by atoms with Gasteiger partial charge < -0.3 is 14.7 Å². The summed E-state index contributed by atoms with van der Waals surface area (Å²) >= 11 is 0. The van der Waals surface area contributed by atoms with Crippen LogP contribution in [-0.2, 0) is 11.2 Å². The van der Waals surface area contributed by atoms with Gasteiger partial charge in [-0.15, -0.1) is 0 Å². The number of benzene rings is 2. The zero-order chi connectivity index (χ0) is 19.1. The van der Waals surface area contributed by atoms with Crippen LogP contribution in [0.5, 0.6) is 0 Å². The minimum Gasteiger partial charge on any atom is -0.396 e. The van der Waals surface area contributed by atoms with Gasteiger partial charge in [0.05, 0.1) is 12.2 Å². The molecule has 0 amide bonds. The van der Waals surface area contributed by atoms with E-state index in [9.17, 15) is 9.50 Å². The molecule has 1 aliphatic carbocycles. The summed E-state index contributed by atoms with van der Waals surface area (Å²) in [6.45, 7) is 3.20. The van der Waals surface area contributed by atoms with Crippen molar-refractivity contribution in [3.63, 3.8) is 0 Å². The molecule has 3 aliphatic rings. The third-order valence-electron chi connectivity index (χ3n) is 6.79. The maximum atomic E-state index is 14.1. The molecule has 4 unspecified atom stereocenters. The number of fused-ring (bicyclic) bond motifs is 5. The van der Waals surface area contributed by atoms with Gasteiger partial charge in [0.15, 0.2) is 0 Å². The third-order valence-corrected chi connectivity index (χ3v) is 6.79. The molecule has 2 saturated heterocycles. The molecule has 0 saturated carbocycles. The fraction of sp³-hybridized carbons (Fsp3) is 0.500. The first-order valence-corrected chi connectivity index (χ1v) is 10.6. The van der Waals surface area contributed by atoms with Crippen molar-refractivity contribution in [1.29, 1.82) is 0 Å². The van der Waals surface area contributed by atoms with E-state index in [-0.39, 0.29) is 30.5 Å². The predicted octanol–water partition coefficient (Wildman–Crippen LogP) is 4.05. The largest absolute Gasteiger partial charge is 0.396 e. The Hall–Kier alpha value is -1.75. The zero-order valence-corrected chi connectivity index (χ0v) is 16.2. The van der Waals surface area contributed by atoms with Gasteiger partial charge in [0.1, 0.15) is 5.82 Å². The Kier molecular flexibility index (Phi) is 4.95. The van der Waals surface area contributed by atoms with E-state index in [4.69, 9.17) is 4.74 Å². The van der Waals surface area contributed by atoms with Crippen molar-refractivity contribution in [3.8, 4) is 0 Å². The lowest BCUT2D eigenvalue weighted by molar-refractivity contribution is 0.00750. The van der Waals surface area contributed by atoms with Gasteiger partial charge in [-0.1, -0.05) is 30.3 Å². The number of piperidine rings is 1. The lowest BCUT2D eigenvalue weighted by Gasteiger charge is -2.33. The van der Waals surface area contributed by atoms with Crippen LogP contribution < -0.4 is 0 Å². The van der Waals surface area contributed by atoms with Crippen LogP contribution in [0.15, 0.2) is 42.5 Å². The highest BCUT2D eigenvalue weighted by Gasteiger charge is 2.41. The Morgan fingerprint density at radius 3 is 2.86 bits per heavy atom. The molecule has 0 bridgehead atoms. The number of hydrogen-bond acceptors (Lipinski definition) is 3. The van der Waals surface area contributed by atoms with E-state index in [1.165, 1.54) is 16.7 Å². The Bertz CT molecular complexity index is 854. The van der Waals surface area contributed by atoms with E-state index >= 15 is 0 Å². The average molecular weight is 381 g/mol. The Morgan fingerprint density at radius 1 is 1.11 bits per heavy atom. The van der Waals surface area contributed by atoms with Crippen LogP contribution in [0.2, 0.25) is 0 Å². The van der Waals surface area contributed by atoms with E-state index in [1.54, 1.807) is 12.1 Å². The van der Waals surface area contributed by atoms with Gasteiger partial charge in [-0.2, -0.15) is 0 Å². The lowest BCUT2D eigenvalue weighted by Crippen LogP contribution is -2.41. The molecule has 5 rings (SSSR count). The van der Waals surface area contributed by atoms with Gasteiger partial charge in [0.25, 0.3) is 0 Å². The van der Waals surface area contributed by atoms with Gasteiger partial charge in [0.2, 0.25) is 0 Å². The van der Waals surface area contributed by atoms with Gasteiger partial charge in [-0.25, -0.2) is 4.39 Å². The highest BCUT2D eigenvalue weighted by atomic mass is 19.1. The van der Waals surface area contributed by atoms with Crippen LogP contribution in [0.1, 0.15) is 53.5 Å². The molecule has 3 nitrogen and oxygen atoms in total. The minimum atomic E-state index is -0.183. The van der Waals surface area contributed by atoms with Crippen LogP contribution in [0, 0.1) is 11.7 Å². The molecule has 0 spiro atoms. The van der Waals surface area contributed by atoms with Crippen molar-refractivity contribution in [2.75, 3.05) is 26.2 Å². The summed E-state index contributed by atoms with van der Waals surface area (Å²) < 4.78 is 20.7. The van der Waals surface area contributed by atoms with Crippen molar-refractivity contribution in [3.05, 3.63) is 70.5 Å². The van der Waals surface area contributed by atoms with Crippen molar-refractivity contribution < 1.29 is 14.2 Å². The number of ether oxygens (including phenoxy) is 1. The smallest absolute Gasteiger partial charge is 0.123 e. The van der Waals surface area contributed by atoms with Crippen molar-refractivity contribution >= 4 is 0 Å². The Morgan fingerprint density at radius 2 is 1.96 bits per heavy atom. The molecule has 4 heteroatoms. The summed E-state index contributed by atoms with van der Waals surface area (Å²) in [5.74, 6) is 0.483. The number of likely N-dealkylation sites (tertiary alicyclic amines) is 1. The SMILES string of the molecule is OCC1CCCN(CC2CC3c4ccccc4Cc4ccc(F)cc4C3O2)C1. The van der Waals surface area contributed by atoms with Crippen molar-refractivity contribution in [2.45, 2.75) is 43.8 Å². The summed E-state index contributed by atoms with van der Waals surface area (Å²) in [7, 11) is 0. The number of aliphatic hydroxyl groups excluding tert-OH is 1. The number of halogens is 1. The molecule has 0 radical (unpaired) electrons. The molecule has 2 aromatic carbocycles. The van der Waals surface area contributed by atoms with Gasteiger partial charge in [0, 0.05) is 25.6 Å². The fourth-order valence-electron chi connectivity index (χ4n) is 5.47. The molecular weight excluding hydrogens is 353 g/mol. The second kappa shape index (κ2) is 7.58. The monoisotopic (exact) mass is 381 g/mol. The fourth-order valence-corrected chi connectivity index (χ4v) is 5.47. The molecular formula is C24H28FNO2. The van der Waals surface area contributed by atoms with E-state index in [1.807, 2.05) is 6.07 Å². The Balaban J connectivity index is 1.43. The normalized spacial score (nSPS) is 29.6. The van der Waals surface area contributed by atoms with Crippen LogP contribution in [0.3, 0.4) is 0 Å². The summed E-state index contributed by atoms with van der Waals surface area (Å²) in [4.78, 5) is 2.44. The molecule has 2 heterocycles. The van der Waals surface area contributed by atoms with E-state index in [0.29, 0.717) is 5.92 Å². The molecule has 2 aromatic rings. The third kappa shape index (κ3) is 3.38. The quantitative estimate of drug-likeness (QED) is 0.871. The second-order valence-electron chi connectivity index (χ2n) is 8.69. The molecule has 2 aliphatic heterocycles. The molecule has 0 aromatic heterocycles. The summed E-state index contributed by atoms with van der Waals surface area (Å²) in [6.07, 6.45) is 4.15. The summed E-state index contributed by atoms with van der Waals surface area (Å²) in [5.41, 5.74) is 4.90. The van der Waals surface area contributed by atoms with Crippen LogP contribution in [0.4, 0.5) is 4.39 Å². The molecule has 28 heavy (non-hydrogen) atoms. The van der Waals surface area contributed by atoms with E-state index in [0.717, 1.165) is 50.9 Å². The number of hydrogen-bond donors (Lipinski definition) is 1. The highest BCUT2D eigenvalue weighted by Crippen LogP contribution is 2.49. The first kappa shape index (κ1) is 18.3. The first-order valence-electron chi connectivity index (χ1n) is 10.6. The summed E-state index contributed by atoms with van der Waals surface area (Å²) in [6, 6.07) is 13.8. The first-order chi connectivity index (χ1) is 13.7. The number of nitrogens with zero attached hydrogens (tertiary/aromatic N) is 1. The standard InChI is InChI=1S/C24H28FNO2/c25-19-8-7-18-10-17-5-1-2-6-21(17)23-12-20(28-24(23)22(18)11-19)14-26-9-3-4-16(13-26)15-27/h1-2,5-8,11,16,20,23-24,27H,3-4,9-10,12-15H2. The predicted molar refractivity (Wildman–Crippen MR) is 107 cm³/mol. The molecule has 148 valence electrons. The van der Waals surface area contributed by atoms with Crippen LogP contribution in [-0.4, -0.2) is 42.4 Å². The highest BCUT2D eigenvalue weighted by molar-refractivity contribution is 5.45. The second-order valence-corrected chi connectivity index (χ2v) is 8.69. The van der Waals surface area contributed by atoms with E-state index in [2.05, 4.69) is 29.2 Å². The molecule has 4 atom stereocenters. The van der Waals surface area contributed by atoms with Crippen LogP contribution >= 0.6 is 0 Å². The van der Waals surface area contributed by atoms with E-state index < -0.39 is 0 Å². The molecule has 2 fully saturated rings. The van der Waals surface area contributed by atoms with Gasteiger partial charge in [-0.05, 0) is 72.5 Å². The maximum Gasteiger partial charge on any atom is 0.123 e. The van der Waals surface area contributed by atoms with Crippen LogP contribution in [0.25, 0.3) is 0 Å². The number of rotatable bonds is 3. The van der Waals surface area contributed by atoms with Crippen molar-refractivity contribution in [2.24, 2.45) is 5.92 Å². The number of aliphatic hydroxyl groups is 1. The minimum absolute atomic E-state index is 0.0715. The average Bonchev–Trinajstić information content (AvgIpc) is 3.08. The topological polar surface area (TPSA) is 32.7 Å². The zero-order valence-electron chi connectivity index (χ0n) is 16.2. The van der Waals surface area contributed by atoms with Crippen molar-refractivity contribution in [1.82, 2.24) is 4.90 Å². The lowest BCUT2D eigenvalue weighted by atomic mass is 9.87. The van der Waals surface area contributed by atoms with Gasteiger partial charge in [-0.3, -0.25) is 0 Å². The Labute approximate surface area is 166 Å².